The molecule has 0 radical (unpaired) electrons. The first-order chi connectivity index (χ1) is 23.8. The minimum atomic E-state index is -4.77. The second-order valence-electron chi connectivity index (χ2n) is 13.1. The Bertz CT molecular complexity index is 1720. The molecule has 2 atom stereocenters. The van der Waals surface area contributed by atoms with Crippen LogP contribution in [0.4, 0.5) is 13.2 Å². The van der Waals surface area contributed by atoms with Crippen LogP contribution in [0.25, 0.3) is 5.69 Å². The van der Waals surface area contributed by atoms with Crippen molar-refractivity contribution in [3.05, 3.63) is 95.3 Å². The number of methoxy groups -OCH3 is 2. The van der Waals surface area contributed by atoms with Gasteiger partial charge < -0.3 is 14.4 Å². The van der Waals surface area contributed by atoms with Crippen molar-refractivity contribution in [3.8, 4) is 17.2 Å². The monoisotopic (exact) mass is 747 g/mol. The lowest BCUT2D eigenvalue weighted by Crippen LogP contribution is -2.67. The number of ether oxygens (including phenoxy) is 2. The van der Waals surface area contributed by atoms with Crippen molar-refractivity contribution in [1.82, 2.24) is 34.9 Å². The fourth-order valence-electron chi connectivity index (χ4n) is 7.79. The SMILES string of the molecule is COc1ccc(-n2nnnc2C(F)(F)F)c(OC)c1CN1C[C@@H]2CN(C(=O)C3CCC3)CCN2[C@H](C(c2ccccc2)c2ccccc2)C1.Cl.Cl. The molecule has 10 nitrogen and oxygen atoms in total. The van der Waals surface area contributed by atoms with Crippen LogP contribution in [0.15, 0.2) is 72.8 Å². The van der Waals surface area contributed by atoms with Crippen molar-refractivity contribution in [3.63, 3.8) is 0 Å². The van der Waals surface area contributed by atoms with Crippen LogP contribution in [0.3, 0.4) is 0 Å². The van der Waals surface area contributed by atoms with Crippen LogP contribution < -0.4 is 9.47 Å². The van der Waals surface area contributed by atoms with E-state index < -0.39 is 12.0 Å². The summed E-state index contributed by atoms with van der Waals surface area (Å²) < 4.78 is 53.9. The molecule has 1 saturated carbocycles. The van der Waals surface area contributed by atoms with E-state index in [0.29, 0.717) is 48.7 Å². The Kier molecular flexibility index (Phi) is 12.2. The molecule has 3 fully saturated rings. The van der Waals surface area contributed by atoms with Gasteiger partial charge in [-0.05, 0) is 46.5 Å². The van der Waals surface area contributed by atoms with Gasteiger partial charge >= 0.3 is 6.18 Å². The Morgan fingerprint density at radius 3 is 2.12 bits per heavy atom. The predicted molar refractivity (Wildman–Crippen MR) is 190 cm³/mol. The van der Waals surface area contributed by atoms with Crippen molar-refractivity contribution in [2.24, 2.45) is 5.92 Å². The summed E-state index contributed by atoms with van der Waals surface area (Å²) >= 11 is 0. The maximum absolute atomic E-state index is 13.9. The topological polar surface area (TPSA) is 88.8 Å². The number of fused-ring (bicyclic) bond motifs is 1. The maximum atomic E-state index is 13.9. The standard InChI is InChI=1S/C36H40F3N7O3.2ClH/c1-48-31-17-16-29(46-35(36(37,38)39)40-41-42-46)33(49-2)28(31)22-43-20-27-21-44(34(47)26-14-9-15-26)18-19-45(27)30(23-43)32(24-10-5-3-6-11-24)25-12-7-4-8-13-25;;/h3-8,10-13,16-17,26-27,30,32H,9,14-15,18-23H2,1-2H3;2*1H/t27-,30+;;/m1../s1. The highest BCUT2D eigenvalue weighted by atomic mass is 35.5. The summed E-state index contributed by atoms with van der Waals surface area (Å²) in [4.78, 5) is 20.4. The molecule has 0 spiro atoms. The first kappa shape index (κ1) is 38.3. The number of tetrazole rings is 1. The van der Waals surface area contributed by atoms with E-state index in [9.17, 15) is 18.0 Å². The average molecular weight is 749 g/mol. The second-order valence-corrected chi connectivity index (χ2v) is 13.1. The Morgan fingerprint density at radius 1 is 0.882 bits per heavy atom. The van der Waals surface area contributed by atoms with Crippen LogP contribution in [0.5, 0.6) is 11.5 Å². The van der Waals surface area contributed by atoms with E-state index in [1.807, 2.05) is 17.0 Å². The summed E-state index contributed by atoms with van der Waals surface area (Å²) in [5.74, 6) is -0.166. The molecular weight excluding hydrogens is 706 g/mol. The van der Waals surface area contributed by atoms with Crippen molar-refractivity contribution < 1.29 is 27.4 Å². The fourth-order valence-corrected chi connectivity index (χ4v) is 7.79. The molecule has 1 amide bonds. The largest absolute Gasteiger partial charge is 0.496 e. The zero-order valence-electron chi connectivity index (χ0n) is 28.4. The molecule has 3 aliphatic rings. The van der Waals surface area contributed by atoms with Crippen LogP contribution in [0, 0.1) is 5.92 Å². The minimum Gasteiger partial charge on any atom is -0.496 e. The number of alkyl halides is 3. The molecule has 1 aromatic heterocycles. The molecule has 1 aliphatic carbocycles. The number of halogens is 5. The molecule has 15 heteroatoms. The van der Waals surface area contributed by atoms with Crippen LogP contribution in [0.2, 0.25) is 0 Å². The third-order valence-electron chi connectivity index (χ3n) is 10.3. The average Bonchev–Trinajstić information content (AvgIpc) is 3.59. The fraction of sp³-hybridized carbons (Fsp3) is 0.444. The first-order valence-corrected chi connectivity index (χ1v) is 16.7. The highest BCUT2D eigenvalue weighted by Gasteiger charge is 2.45. The van der Waals surface area contributed by atoms with Crippen LogP contribution in [-0.4, -0.2) is 99.8 Å². The highest BCUT2D eigenvalue weighted by Crippen LogP contribution is 2.41. The molecule has 3 aromatic carbocycles. The van der Waals surface area contributed by atoms with E-state index in [4.69, 9.17) is 9.47 Å². The van der Waals surface area contributed by atoms with Gasteiger partial charge in [-0.2, -0.15) is 17.9 Å². The van der Waals surface area contributed by atoms with E-state index in [2.05, 4.69) is 73.9 Å². The molecule has 3 heterocycles. The van der Waals surface area contributed by atoms with E-state index in [1.165, 1.54) is 31.4 Å². The van der Waals surface area contributed by atoms with Gasteiger partial charge in [0.25, 0.3) is 5.82 Å². The molecule has 2 saturated heterocycles. The van der Waals surface area contributed by atoms with Gasteiger partial charge in [-0.1, -0.05) is 67.1 Å². The zero-order valence-corrected chi connectivity index (χ0v) is 30.0. The number of aromatic nitrogens is 4. The highest BCUT2D eigenvalue weighted by molar-refractivity contribution is 5.85. The molecule has 51 heavy (non-hydrogen) atoms. The summed E-state index contributed by atoms with van der Waals surface area (Å²) in [7, 11) is 2.95. The van der Waals surface area contributed by atoms with Crippen LogP contribution in [-0.2, 0) is 17.5 Å². The number of nitrogens with zero attached hydrogens (tertiary/aromatic N) is 7. The van der Waals surface area contributed by atoms with Crippen LogP contribution >= 0.6 is 24.8 Å². The number of hydrogen-bond donors (Lipinski definition) is 0. The molecular formula is C36H42Cl2F3N7O3. The number of benzene rings is 3. The maximum Gasteiger partial charge on any atom is 0.453 e. The predicted octanol–water partition coefficient (Wildman–Crippen LogP) is 5.87. The number of carbonyl (C=O) groups excluding carboxylic acids is 1. The van der Waals surface area contributed by atoms with Gasteiger partial charge in [0.2, 0.25) is 5.91 Å². The van der Waals surface area contributed by atoms with Gasteiger partial charge in [-0.25, -0.2) is 0 Å². The van der Waals surface area contributed by atoms with E-state index in [0.717, 1.165) is 25.8 Å². The zero-order chi connectivity index (χ0) is 34.1. The molecule has 2 aliphatic heterocycles. The van der Waals surface area contributed by atoms with Crippen molar-refractivity contribution in [2.45, 2.75) is 50.0 Å². The molecule has 4 aromatic rings. The quantitative estimate of drug-likeness (QED) is 0.210. The molecule has 0 bridgehead atoms. The van der Waals surface area contributed by atoms with Crippen molar-refractivity contribution >= 4 is 30.7 Å². The summed E-state index contributed by atoms with van der Waals surface area (Å²) in [6.45, 7) is 3.71. The first-order valence-electron chi connectivity index (χ1n) is 16.7. The van der Waals surface area contributed by atoms with Gasteiger partial charge in [0.15, 0.2) is 5.75 Å². The third kappa shape index (κ3) is 7.67. The number of hydrogen-bond acceptors (Lipinski definition) is 8. The van der Waals surface area contributed by atoms with Crippen LogP contribution in [0.1, 0.15) is 47.7 Å². The smallest absolute Gasteiger partial charge is 0.453 e. The summed E-state index contributed by atoms with van der Waals surface area (Å²) in [5, 5.41) is 10.2. The van der Waals surface area contributed by atoms with Gasteiger partial charge in [0, 0.05) is 63.2 Å². The lowest BCUT2D eigenvalue weighted by atomic mass is 9.81. The van der Waals surface area contributed by atoms with Gasteiger partial charge in [0.1, 0.15) is 11.4 Å². The number of carbonyl (C=O) groups is 1. The summed E-state index contributed by atoms with van der Waals surface area (Å²) in [6, 6.07) is 24.2. The molecule has 274 valence electrons. The van der Waals surface area contributed by atoms with Gasteiger partial charge in [-0.15, -0.1) is 29.9 Å². The Morgan fingerprint density at radius 2 is 1.55 bits per heavy atom. The van der Waals surface area contributed by atoms with Gasteiger partial charge in [-0.3, -0.25) is 14.6 Å². The second kappa shape index (κ2) is 16.2. The Balaban J connectivity index is 0.00000252. The van der Waals surface area contributed by atoms with E-state index in [1.54, 1.807) is 6.07 Å². The van der Waals surface area contributed by atoms with E-state index >= 15 is 0 Å². The third-order valence-corrected chi connectivity index (χ3v) is 10.3. The number of rotatable bonds is 9. The summed E-state index contributed by atoms with van der Waals surface area (Å²) in [6.07, 6.45) is -1.76. The lowest BCUT2D eigenvalue weighted by Gasteiger charge is -2.54. The van der Waals surface area contributed by atoms with Crippen molar-refractivity contribution in [1.29, 1.82) is 0 Å². The Labute approximate surface area is 307 Å². The normalized spacial score (nSPS) is 19.8. The summed E-state index contributed by atoms with van der Waals surface area (Å²) in [5.41, 5.74) is 3.05. The molecule has 0 N–H and O–H groups in total. The molecule has 0 unspecified atom stereocenters. The van der Waals surface area contributed by atoms with Gasteiger partial charge in [0.05, 0.1) is 19.8 Å². The van der Waals surface area contributed by atoms with E-state index in [-0.39, 0.29) is 66.1 Å². The minimum absolute atomic E-state index is 0. The lowest BCUT2D eigenvalue weighted by molar-refractivity contribution is -0.146. The molecule has 7 rings (SSSR count). The van der Waals surface area contributed by atoms with Crippen molar-refractivity contribution in [2.75, 3.05) is 46.9 Å². The Hall–Kier alpha value is -3.91. The number of amides is 1. The number of piperazine rings is 2.